The number of fused-ring (bicyclic) bond motifs is 1. The van der Waals surface area contributed by atoms with Gasteiger partial charge in [0.25, 0.3) is 0 Å². The largest absolute Gasteiger partial charge is 0.465 e. The van der Waals surface area contributed by atoms with E-state index in [1.807, 2.05) is 13.8 Å². The summed E-state index contributed by atoms with van der Waals surface area (Å²) in [7, 11) is 1.19. The minimum absolute atomic E-state index is 0.0165. The van der Waals surface area contributed by atoms with Crippen LogP contribution in [0.15, 0.2) is 6.20 Å². The van der Waals surface area contributed by atoms with Gasteiger partial charge in [-0.2, -0.15) is 22.8 Å². The number of carbonyl (C=O) groups excluding carboxylic acids is 1. The molecule has 10 heteroatoms. The number of esters is 1. The molecule has 0 spiro atoms. The summed E-state index contributed by atoms with van der Waals surface area (Å²) < 4.78 is 44.9. The molecule has 0 radical (unpaired) electrons. The van der Waals surface area contributed by atoms with E-state index in [9.17, 15) is 18.0 Å². The summed E-state index contributed by atoms with van der Waals surface area (Å²) in [5, 5.41) is 6.44. The lowest BCUT2D eigenvalue weighted by Crippen LogP contribution is -2.34. The second-order valence-corrected chi connectivity index (χ2v) is 6.03. The van der Waals surface area contributed by atoms with Crippen molar-refractivity contribution < 1.29 is 22.7 Å². The first kappa shape index (κ1) is 19.3. The Labute approximate surface area is 147 Å². The summed E-state index contributed by atoms with van der Waals surface area (Å²) in [6.45, 7) is 4.69. The van der Waals surface area contributed by atoms with Gasteiger partial charge in [0.15, 0.2) is 5.65 Å². The maximum atomic E-state index is 13.0. The minimum atomic E-state index is -4.47. The fourth-order valence-electron chi connectivity index (χ4n) is 2.30. The summed E-state index contributed by atoms with van der Waals surface area (Å²) in [6, 6.07) is -1.84. The molecule has 0 aliphatic heterocycles. The fraction of sp³-hybridized carbons (Fsp3) is 0.533. The molecule has 25 heavy (non-hydrogen) atoms. The summed E-state index contributed by atoms with van der Waals surface area (Å²) >= 11 is 6.23. The van der Waals surface area contributed by atoms with E-state index in [0.29, 0.717) is 12.0 Å². The number of rotatable bonds is 5. The van der Waals surface area contributed by atoms with Crippen molar-refractivity contribution >= 4 is 29.0 Å². The lowest BCUT2D eigenvalue weighted by atomic mass is 10.0. The van der Waals surface area contributed by atoms with Crippen LogP contribution in [-0.2, 0) is 4.74 Å². The summed E-state index contributed by atoms with van der Waals surface area (Å²) in [5.41, 5.74) is 0.455. The Bertz CT molecular complexity index is 791. The van der Waals surface area contributed by atoms with Crippen LogP contribution in [0.2, 0.25) is 5.15 Å². The van der Waals surface area contributed by atoms with Crippen LogP contribution in [0.3, 0.4) is 0 Å². The number of halogens is 4. The highest BCUT2D eigenvalue weighted by Crippen LogP contribution is 2.35. The minimum Gasteiger partial charge on any atom is -0.465 e. The van der Waals surface area contributed by atoms with Crippen LogP contribution in [0.25, 0.3) is 5.65 Å². The van der Waals surface area contributed by atoms with Crippen LogP contribution >= 0.6 is 11.6 Å². The lowest BCUT2D eigenvalue weighted by molar-refractivity contribution is -0.138. The molecule has 0 fully saturated rings. The smallest absolute Gasteiger partial charge is 0.408 e. The van der Waals surface area contributed by atoms with E-state index in [-0.39, 0.29) is 28.1 Å². The average molecular weight is 379 g/mol. The van der Waals surface area contributed by atoms with Crippen LogP contribution in [-0.4, -0.2) is 39.9 Å². The zero-order valence-corrected chi connectivity index (χ0v) is 14.9. The Morgan fingerprint density at radius 3 is 2.60 bits per heavy atom. The molecule has 0 aliphatic carbocycles. The molecule has 0 saturated heterocycles. The molecule has 138 valence electrons. The van der Waals surface area contributed by atoms with Gasteiger partial charge in [0.05, 0.1) is 13.3 Å². The standard InChI is InChI=1S/C15H18ClF3N4O2/c1-5-7(2)10-11(16)22-12-9(14(24)25-4)6-20-23(12)13(10)21-8(3)15(17,18)19/h6-8,21H,5H2,1-4H3/t7?,8-/m0/s1. The Morgan fingerprint density at radius 2 is 2.08 bits per heavy atom. The molecule has 2 atom stereocenters. The average Bonchev–Trinajstić information content (AvgIpc) is 2.96. The molecule has 6 nitrogen and oxygen atoms in total. The van der Waals surface area contributed by atoms with Gasteiger partial charge in [-0.15, -0.1) is 0 Å². The Morgan fingerprint density at radius 1 is 1.44 bits per heavy atom. The molecular weight excluding hydrogens is 361 g/mol. The number of aromatic nitrogens is 3. The van der Waals surface area contributed by atoms with Crippen molar-refractivity contribution in [3.63, 3.8) is 0 Å². The van der Waals surface area contributed by atoms with Crippen molar-refractivity contribution in [1.82, 2.24) is 14.6 Å². The second kappa shape index (κ2) is 7.07. The van der Waals surface area contributed by atoms with Gasteiger partial charge >= 0.3 is 12.1 Å². The predicted octanol–water partition coefficient (Wildman–Crippen LogP) is 4.05. The fourth-order valence-corrected chi connectivity index (χ4v) is 2.65. The number of carbonyl (C=O) groups is 1. The van der Waals surface area contributed by atoms with E-state index in [2.05, 4.69) is 20.1 Å². The normalized spacial score (nSPS) is 14.4. The van der Waals surface area contributed by atoms with Gasteiger partial charge in [0, 0.05) is 5.56 Å². The van der Waals surface area contributed by atoms with Gasteiger partial charge in [-0.1, -0.05) is 25.4 Å². The molecule has 0 bridgehead atoms. The summed E-state index contributed by atoms with van der Waals surface area (Å²) in [5.74, 6) is -0.813. The number of nitrogens with zero attached hydrogens (tertiary/aromatic N) is 3. The summed E-state index contributed by atoms with van der Waals surface area (Å²) in [4.78, 5) is 16.0. The molecule has 2 aromatic heterocycles. The SMILES string of the molecule is CCC(C)c1c(Cl)nc2c(C(=O)OC)cnn2c1N[C@@H](C)C(F)(F)F. The van der Waals surface area contributed by atoms with Crippen molar-refractivity contribution in [3.8, 4) is 0 Å². The van der Waals surface area contributed by atoms with E-state index < -0.39 is 18.2 Å². The number of hydrogen-bond donors (Lipinski definition) is 1. The van der Waals surface area contributed by atoms with Gasteiger partial charge in [-0.05, 0) is 19.3 Å². The number of nitrogens with one attached hydrogen (secondary N) is 1. The number of methoxy groups -OCH3 is 1. The van der Waals surface area contributed by atoms with E-state index in [0.717, 1.165) is 11.4 Å². The third-order valence-electron chi connectivity index (χ3n) is 3.99. The van der Waals surface area contributed by atoms with Crippen molar-refractivity contribution in [2.75, 3.05) is 12.4 Å². The van der Waals surface area contributed by atoms with E-state index >= 15 is 0 Å². The monoisotopic (exact) mass is 378 g/mol. The predicted molar refractivity (Wildman–Crippen MR) is 87.2 cm³/mol. The maximum absolute atomic E-state index is 13.0. The topological polar surface area (TPSA) is 68.5 Å². The first-order chi connectivity index (χ1) is 11.6. The quantitative estimate of drug-likeness (QED) is 0.628. The Balaban J connectivity index is 2.72. The molecule has 0 saturated carbocycles. The molecule has 2 rings (SSSR count). The summed E-state index contributed by atoms with van der Waals surface area (Å²) in [6.07, 6.45) is -2.64. The second-order valence-electron chi connectivity index (χ2n) is 5.67. The molecule has 1 N–H and O–H groups in total. The first-order valence-electron chi connectivity index (χ1n) is 7.60. The zero-order valence-electron chi connectivity index (χ0n) is 14.1. The molecule has 1 unspecified atom stereocenters. The Hall–Kier alpha value is -2.03. The van der Waals surface area contributed by atoms with Crippen molar-refractivity contribution in [3.05, 3.63) is 22.5 Å². The molecule has 0 aliphatic rings. The highest BCUT2D eigenvalue weighted by molar-refractivity contribution is 6.30. The van der Waals surface area contributed by atoms with E-state index in [4.69, 9.17) is 11.6 Å². The van der Waals surface area contributed by atoms with Crippen LogP contribution < -0.4 is 5.32 Å². The van der Waals surface area contributed by atoms with Gasteiger partial charge in [-0.3, -0.25) is 0 Å². The number of hydrogen-bond acceptors (Lipinski definition) is 5. The molecule has 2 heterocycles. The van der Waals surface area contributed by atoms with Gasteiger partial charge < -0.3 is 10.1 Å². The highest BCUT2D eigenvalue weighted by atomic mass is 35.5. The first-order valence-corrected chi connectivity index (χ1v) is 7.98. The zero-order chi connectivity index (χ0) is 18.9. The van der Waals surface area contributed by atoms with Gasteiger partial charge in [0.1, 0.15) is 22.6 Å². The van der Waals surface area contributed by atoms with Crippen LogP contribution in [0.1, 0.15) is 49.0 Å². The van der Waals surface area contributed by atoms with Gasteiger partial charge in [-0.25, -0.2) is 9.78 Å². The van der Waals surface area contributed by atoms with Crippen molar-refractivity contribution in [2.45, 2.75) is 45.3 Å². The van der Waals surface area contributed by atoms with Crippen molar-refractivity contribution in [1.29, 1.82) is 0 Å². The molecule has 0 amide bonds. The van der Waals surface area contributed by atoms with Crippen molar-refractivity contribution in [2.24, 2.45) is 0 Å². The lowest BCUT2D eigenvalue weighted by Gasteiger charge is -2.23. The van der Waals surface area contributed by atoms with Crippen LogP contribution in [0.4, 0.5) is 19.0 Å². The van der Waals surface area contributed by atoms with E-state index in [1.54, 1.807) is 0 Å². The molecule has 2 aromatic rings. The molecule has 0 aromatic carbocycles. The van der Waals surface area contributed by atoms with Crippen LogP contribution in [0.5, 0.6) is 0 Å². The van der Waals surface area contributed by atoms with Gasteiger partial charge in [0.2, 0.25) is 0 Å². The highest BCUT2D eigenvalue weighted by Gasteiger charge is 2.37. The molecular formula is C15H18ClF3N4O2. The Kier molecular flexibility index (Phi) is 5.46. The number of anilines is 1. The number of alkyl halides is 3. The van der Waals surface area contributed by atoms with Crippen LogP contribution in [0, 0.1) is 0 Å². The third-order valence-corrected chi connectivity index (χ3v) is 4.28. The van der Waals surface area contributed by atoms with E-state index in [1.165, 1.54) is 13.3 Å². The third kappa shape index (κ3) is 3.65. The number of ether oxygens (including phenoxy) is 1. The maximum Gasteiger partial charge on any atom is 0.408 e.